The number of phenolic OH excluding ortho intramolecular Hbond substituents is 1. The Labute approximate surface area is 203 Å². The number of phenols is 1. The lowest BCUT2D eigenvalue weighted by atomic mass is 9.43. The second-order valence-corrected chi connectivity index (χ2v) is 10.7. The van der Waals surface area contributed by atoms with Gasteiger partial charge in [0.15, 0.2) is 5.72 Å². The second kappa shape index (κ2) is 6.65. The van der Waals surface area contributed by atoms with E-state index in [1.807, 2.05) is 12.1 Å². The number of likely N-dealkylation sites (N-methyl/N-ethyl adjacent to an activating group) is 1. The number of fused-ring (bicyclic) bond motifs is 3. The minimum atomic E-state index is -0.865. The Bertz CT molecular complexity index is 1310. The van der Waals surface area contributed by atoms with Gasteiger partial charge in [0.25, 0.3) is 0 Å². The largest absolute Gasteiger partial charge is 0.507 e. The first kappa shape index (κ1) is 21.4. The molecule has 0 radical (unpaired) electrons. The van der Waals surface area contributed by atoms with E-state index in [1.165, 1.54) is 24.8 Å². The van der Waals surface area contributed by atoms with Crippen LogP contribution in [0, 0.1) is 17.2 Å². The molecule has 7 heteroatoms. The molecule has 1 aliphatic carbocycles. The molecule has 4 heterocycles. The lowest BCUT2D eigenvalue weighted by Gasteiger charge is -2.66. The van der Waals surface area contributed by atoms with E-state index in [1.54, 1.807) is 12.1 Å². The van der Waals surface area contributed by atoms with E-state index in [2.05, 4.69) is 29.8 Å². The van der Waals surface area contributed by atoms with E-state index in [0.717, 1.165) is 42.7 Å². The zero-order valence-corrected chi connectivity index (χ0v) is 20.2. The van der Waals surface area contributed by atoms with Crippen LogP contribution >= 0.6 is 0 Å². The normalized spacial score (nSPS) is 37.5. The number of esters is 1. The van der Waals surface area contributed by atoms with E-state index < -0.39 is 16.6 Å². The molecule has 35 heavy (non-hydrogen) atoms. The zero-order chi connectivity index (χ0) is 24.3. The number of anilines is 1. The van der Waals surface area contributed by atoms with Crippen LogP contribution < -0.4 is 4.90 Å². The van der Waals surface area contributed by atoms with Gasteiger partial charge in [0.1, 0.15) is 17.0 Å². The summed E-state index contributed by atoms with van der Waals surface area (Å²) in [5.74, 6) is -0.394. The summed E-state index contributed by atoms with van der Waals surface area (Å²) in [6.45, 7) is 4.05. The van der Waals surface area contributed by atoms with Crippen molar-refractivity contribution < 1.29 is 23.8 Å². The first-order valence-corrected chi connectivity index (χ1v) is 12.3. The molecule has 5 atom stereocenters. The van der Waals surface area contributed by atoms with E-state index in [-0.39, 0.29) is 29.5 Å². The third-order valence-corrected chi connectivity index (χ3v) is 9.96. The number of allylic oxidation sites excluding steroid dienone is 1. The summed E-state index contributed by atoms with van der Waals surface area (Å²) in [5.41, 5.74) is 2.33. The number of aromatic hydroxyl groups is 1. The Hall–Kier alpha value is -2.90. The van der Waals surface area contributed by atoms with Gasteiger partial charge in [0.05, 0.1) is 25.2 Å². The maximum atomic E-state index is 13.9. The number of methoxy groups -OCH3 is 1. The van der Waals surface area contributed by atoms with Crippen molar-refractivity contribution in [3.8, 4) is 16.9 Å². The topological polar surface area (TPSA) is 62.2 Å². The van der Waals surface area contributed by atoms with Crippen LogP contribution in [0.15, 0.2) is 48.0 Å². The molecule has 2 aromatic carbocycles. The molecular formula is C28H29FN2O4. The van der Waals surface area contributed by atoms with Gasteiger partial charge < -0.3 is 19.5 Å². The number of hydrogen-bond acceptors (Lipinski definition) is 6. The lowest BCUT2D eigenvalue weighted by molar-refractivity contribution is -0.184. The predicted octanol–water partition coefficient (Wildman–Crippen LogP) is 3.83. The summed E-state index contributed by atoms with van der Waals surface area (Å²) >= 11 is 0. The van der Waals surface area contributed by atoms with Gasteiger partial charge in [-0.05, 0) is 55.2 Å². The first-order chi connectivity index (χ1) is 16.9. The number of hydrogen-bond donors (Lipinski definition) is 1. The molecule has 0 spiro atoms. The third-order valence-electron chi connectivity index (χ3n) is 9.96. The first-order valence-electron chi connectivity index (χ1n) is 12.3. The number of nitrogens with zero attached hydrogens (tertiary/aromatic N) is 2. The highest BCUT2D eigenvalue weighted by Gasteiger charge is 2.86. The molecule has 0 aromatic heterocycles. The highest BCUT2D eigenvalue weighted by molar-refractivity contribution is 5.88. The quantitative estimate of drug-likeness (QED) is 0.525. The monoisotopic (exact) mass is 476 g/mol. The van der Waals surface area contributed by atoms with Gasteiger partial charge >= 0.3 is 5.97 Å². The number of piperidine rings is 2. The molecule has 2 aromatic rings. The minimum Gasteiger partial charge on any atom is -0.507 e. The molecule has 1 N–H and O–H groups in total. The fourth-order valence-electron chi connectivity index (χ4n) is 8.68. The summed E-state index contributed by atoms with van der Waals surface area (Å²) in [4.78, 5) is 18.6. The molecule has 3 saturated heterocycles. The average molecular weight is 477 g/mol. The predicted molar refractivity (Wildman–Crippen MR) is 129 cm³/mol. The molecule has 4 fully saturated rings. The number of benzene rings is 2. The molecule has 6 nitrogen and oxygen atoms in total. The number of ether oxygens (including phenoxy) is 2. The van der Waals surface area contributed by atoms with Gasteiger partial charge in [-0.1, -0.05) is 23.8 Å². The molecule has 0 unspecified atom stereocenters. The summed E-state index contributed by atoms with van der Waals surface area (Å²) in [6.07, 6.45) is 3.75. The molecule has 1 saturated carbocycles. The number of carbonyl (C=O) groups excluding carboxylic acids is 1. The van der Waals surface area contributed by atoms with Crippen LogP contribution in [0.2, 0.25) is 0 Å². The Morgan fingerprint density at radius 1 is 1.29 bits per heavy atom. The van der Waals surface area contributed by atoms with E-state index >= 15 is 0 Å². The highest BCUT2D eigenvalue weighted by Crippen LogP contribution is 2.76. The van der Waals surface area contributed by atoms with Gasteiger partial charge in [-0.3, -0.25) is 9.69 Å². The SMILES string of the molecule is C/C=C1/CN2CC[C@@]34c5cc(O)c(-c6ccc(F)cc6)cc5N(C)[C@]35OC[C@@]4(C(=O)OC)[C@H]1C[C@H]25. The van der Waals surface area contributed by atoms with Gasteiger partial charge in [0, 0.05) is 37.3 Å². The second-order valence-electron chi connectivity index (χ2n) is 10.7. The van der Waals surface area contributed by atoms with Crippen molar-refractivity contribution in [3.05, 3.63) is 59.4 Å². The van der Waals surface area contributed by atoms with Crippen molar-refractivity contribution in [3.63, 3.8) is 0 Å². The van der Waals surface area contributed by atoms with Crippen LogP contribution in [0.1, 0.15) is 25.3 Å². The van der Waals surface area contributed by atoms with Gasteiger partial charge in [-0.15, -0.1) is 0 Å². The molecule has 5 aliphatic rings. The molecule has 7 rings (SSSR count). The van der Waals surface area contributed by atoms with Crippen molar-refractivity contribution >= 4 is 11.7 Å². The minimum absolute atomic E-state index is 0.0235. The summed E-state index contributed by atoms with van der Waals surface area (Å²) in [5, 5.41) is 11.3. The average Bonchev–Trinajstić information content (AvgIpc) is 3.24. The fraction of sp³-hybridized carbons (Fsp3) is 0.464. The maximum Gasteiger partial charge on any atom is 0.315 e. The van der Waals surface area contributed by atoms with Crippen LogP contribution in [-0.4, -0.2) is 61.6 Å². The Morgan fingerprint density at radius 3 is 2.77 bits per heavy atom. The van der Waals surface area contributed by atoms with E-state index in [4.69, 9.17) is 9.47 Å². The van der Waals surface area contributed by atoms with E-state index in [0.29, 0.717) is 12.2 Å². The number of halogens is 1. The number of carbonyl (C=O) groups is 1. The van der Waals surface area contributed by atoms with Crippen molar-refractivity contribution in [2.45, 2.75) is 36.9 Å². The van der Waals surface area contributed by atoms with E-state index in [9.17, 15) is 14.3 Å². The molecule has 4 aliphatic heterocycles. The third kappa shape index (κ3) is 2.10. The fourth-order valence-corrected chi connectivity index (χ4v) is 8.68. The van der Waals surface area contributed by atoms with Crippen LogP contribution in [0.5, 0.6) is 5.75 Å². The standard InChI is InChI=1S/C28H29FN2O4/c1-4-16-14-31-10-9-27-21-12-23(32)19(17-5-7-18(29)8-6-17)11-22(21)30(2)28(27)24(31)13-20(16)26(27,15-35-28)25(33)34-3/h4-8,11-12,20,24,32H,9-10,13-15H2,1-3H3/b16-4-/t20-,24-,26-,27-,28+/m0/s1. The van der Waals surface area contributed by atoms with Crippen LogP contribution in [-0.2, 0) is 19.7 Å². The zero-order valence-electron chi connectivity index (χ0n) is 20.2. The van der Waals surface area contributed by atoms with Crippen molar-refractivity contribution in [2.24, 2.45) is 11.3 Å². The maximum absolute atomic E-state index is 13.9. The molecule has 0 amide bonds. The summed E-state index contributed by atoms with van der Waals surface area (Å²) in [6, 6.07) is 10.1. The smallest absolute Gasteiger partial charge is 0.315 e. The molecule has 5 bridgehead atoms. The van der Waals surface area contributed by atoms with Crippen LogP contribution in [0.4, 0.5) is 10.1 Å². The van der Waals surface area contributed by atoms with Crippen LogP contribution in [0.25, 0.3) is 11.1 Å². The van der Waals surface area contributed by atoms with Crippen LogP contribution in [0.3, 0.4) is 0 Å². The number of rotatable bonds is 2. The van der Waals surface area contributed by atoms with Gasteiger partial charge in [-0.25, -0.2) is 4.39 Å². The lowest BCUT2D eigenvalue weighted by Crippen LogP contribution is -2.80. The van der Waals surface area contributed by atoms with Crippen molar-refractivity contribution in [1.82, 2.24) is 4.90 Å². The Morgan fingerprint density at radius 2 is 2.06 bits per heavy atom. The highest BCUT2D eigenvalue weighted by atomic mass is 19.1. The van der Waals surface area contributed by atoms with Gasteiger partial charge in [0.2, 0.25) is 0 Å². The molecular weight excluding hydrogens is 447 g/mol. The van der Waals surface area contributed by atoms with Crippen molar-refractivity contribution in [1.29, 1.82) is 0 Å². The molecule has 182 valence electrons. The van der Waals surface area contributed by atoms with Crippen molar-refractivity contribution in [2.75, 3.05) is 38.8 Å². The Balaban J connectivity index is 1.53. The summed E-state index contributed by atoms with van der Waals surface area (Å²) in [7, 11) is 3.52. The Kier molecular flexibility index (Phi) is 4.06. The summed E-state index contributed by atoms with van der Waals surface area (Å²) < 4.78 is 26.0. The van der Waals surface area contributed by atoms with Gasteiger partial charge in [-0.2, -0.15) is 0 Å².